The summed E-state index contributed by atoms with van der Waals surface area (Å²) < 4.78 is 11.6. The summed E-state index contributed by atoms with van der Waals surface area (Å²) in [4.78, 5) is 25.2. The zero-order valence-electron chi connectivity index (χ0n) is 15.4. The molecule has 0 fully saturated rings. The van der Waals surface area contributed by atoms with Crippen LogP contribution in [0.15, 0.2) is 53.1 Å². The van der Waals surface area contributed by atoms with Gasteiger partial charge in [0.2, 0.25) is 12.7 Å². The van der Waals surface area contributed by atoms with Crippen LogP contribution in [0.3, 0.4) is 0 Å². The Kier molecular flexibility index (Phi) is 4.24. The summed E-state index contributed by atoms with van der Waals surface area (Å²) in [6, 6.07) is 13.0. The van der Waals surface area contributed by atoms with Crippen molar-refractivity contribution in [3.8, 4) is 11.5 Å². The van der Waals surface area contributed by atoms with Crippen molar-refractivity contribution in [1.29, 1.82) is 0 Å². The molecule has 0 spiro atoms. The van der Waals surface area contributed by atoms with Gasteiger partial charge >= 0.3 is 6.03 Å². The molecule has 0 aliphatic carbocycles. The van der Waals surface area contributed by atoms with Gasteiger partial charge in [-0.05, 0) is 40.2 Å². The summed E-state index contributed by atoms with van der Waals surface area (Å²) in [5.41, 5.74) is 2.44. The number of fused-ring (bicyclic) bond motifs is 2. The lowest BCUT2D eigenvalue weighted by Gasteiger charge is -2.34. The number of nitrogens with one attached hydrogen (secondary N) is 1. The van der Waals surface area contributed by atoms with Crippen LogP contribution in [-0.4, -0.2) is 29.8 Å². The molecule has 0 saturated carbocycles. The van der Waals surface area contributed by atoms with Gasteiger partial charge in [-0.1, -0.05) is 12.1 Å². The van der Waals surface area contributed by atoms with Crippen LogP contribution in [0.2, 0.25) is 0 Å². The minimum atomic E-state index is -0.155. The van der Waals surface area contributed by atoms with E-state index in [1.165, 1.54) is 4.90 Å². The number of carbonyl (C=O) groups excluding carboxylic acids is 1. The topological polar surface area (TPSA) is 79.8 Å². The molecule has 0 bridgehead atoms. The molecule has 2 aliphatic heterocycles. The highest BCUT2D eigenvalue weighted by atomic mass is 79.9. The van der Waals surface area contributed by atoms with Gasteiger partial charge < -0.3 is 14.8 Å². The highest BCUT2D eigenvalue weighted by molar-refractivity contribution is 9.10. The molecule has 0 atom stereocenters. The standard InChI is InChI=1S/C20H16BrN5O3/c1-25-18-12(10-26(20(25)27)15-5-3-2-4-14(15)21)9-22-19(24-18)23-13-6-7-16-17(8-13)29-11-28-16/h2-9H,10-11H2,1H3,(H,22,23,24). The second kappa shape index (κ2) is 6.93. The molecule has 0 radical (unpaired) electrons. The van der Waals surface area contributed by atoms with Gasteiger partial charge in [-0.2, -0.15) is 4.98 Å². The summed E-state index contributed by atoms with van der Waals surface area (Å²) in [7, 11) is 1.71. The van der Waals surface area contributed by atoms with Crippen LogP contribution < -0.4 is 24.6 Å². The zero-order valence-corrected chi connectivity index (χ0v) is 17.0. The SMILES string of the molecule is CN1C(=O)N(c2ccccc2Br)Cc2cnc(Nc3ccc4c(c3)OCO4)nc21. The number of rotatable bonds is 3. The number of urea groups is 1. The zero-order chi connectivity index (χ0) is 20.0. The number of anilines is 4. The first kappa shape index (κ1) is 17.7. The van der Waals surface area contributed by atoms with Crippen molar-refractivity contribution in [3.05, 3.63) is 58.7 Å². The van der Waals surface area contributed by atoms with Crippen molar-refractivity contribution in [2.24, 2.45) is 0 Å². The Balaban J connectivity index is 1.43. The number of halogens is 1. The normalized spacial score (nSPS) is 14.8. The third-order valence-electron chi connectivity index (χ3n) is 4.78. The Labute approximate surface area is 175 Å². The highest BCUT2D eigenvalue weighted by Gasteiger charge is 2.31. The lowest BCUT2D eigenvalue weighted by molar-refractivity contribution is 0.174. The molecule has 0 saturated heterocycles. The van der Waals surface area contributed by atoms with Gasteiger partial charge in [-0.3, -0.25) is 9.80 Å². The van der Waals surface area contributed by atoms with E-state index >= 15 is 0 Å². The van der Waals surface area contributed by atoms with Crippen LogP contribution >= 0.6 is 15.9 Å². The van der Waals surface area contributed by atoms with Gasteiger partial charge in [-0.15, -0.1) is 0 Å². The first-order chi connectivity index (χ1) is 14.1. The van der Waals surface area contributed by atoms with Crippen molar-refractivity contribution >= 4 is 45.1 Å². The quantitative estimate of drug-likeness (QED) is 0.636. The lowest BCUT2D eigenvalue weighted by atomic mass is 10.2. The first-order valence-corrected chi connectivity index (χ1v) is 9.72. The Morgan fingerprint density at radius 3 is 2.83 bits per heavy atom. The minimum Gasteiger partial charge on any atom is -0.454 e. The third kappa shape index (κ3) is 3.13. The number of hydrogen-bond donors (Lipinski definition) is 1. The van der Waals surface area contributed by atoms with Crippen molar-refractivity contribution in [2.75, 3.05) is 29.0 Å². The number of benzene rings is 2. The molecule has 1 aromatic heterocycles. The number of carbonyl (C=O) groups is 1. The maximum Gasteiger partial charge on any atom is 0.330 e. The number of amides is 2. The van der Waals surface area contributed by atoms with Gasteiger partial charge in [0, 0.05) is 35.0 Å². The Morgan fingerprint density at radius 1 is 1.14 bits per heavy atom. The predicted molar refractivity (Wildman–Crippen MR) is 112 cm³/mol. The average molecular weight is 454 g/mol. The molecular weight excluding hydrogens is 438 g/mol. The summed E-state index contributed by atoms with van der Waals surface area (Å²) in [5, 5.41) is 3.15. The number of aromatic nitrogens is 2. The fraction of sp³-hybridized carbons (Fsp3) is 0.150. The molecule has 2 aromatic carbocycles. The third-order valence-corrected chi connectivity index (χ3v) is 5.45. The average Bonchev–Trinajstić information content (AvgIpc) is 3.19. The van der Waals surface area contributed by atoms with E-state index in [1.54, 1.807) is 18.1 Å². The van der Waals surface area contributed by atoms with E-state index in [2.05, 4.69) is 31.2 Å². The lowest BCUT2D eigenvalue weighted by Crippen LogP contribution is -2.46. The second-order valence-electron chi connectivity index (χ2n) is 6.61. The van der Waals surface area contributed by atoms with Gasteiger partial charge in [-0.25, -0.2) is 9.78 Å². The molecule has 2 aliphatic rings. The van der Waals surface area contributed by atoms with Crippen LogP contribution in [0.25, 0.3) is 0 Å². The summed E-state index contributed by atoms with van der Waals surface area (Å²) in [6.45, 7) is 0.612. The molecule has 2 amide bonds. The maximum absolute atomic E-state index is 13.0. The smallest absolute Gasteiger partial charge is 0.330 e. The van der Waals surface area contributed by atoms with Crippen molar-refractivity contribution in [1.82, 2.24) is 9.97 Å². The van der Waals surface area contributed by atoms with Crippen molar-refractivity contribution < 1.29 is 14.3 Å². The van der Waals surface area contributed by atoms with Crippen LogP contribution in [0.1, 0.15) is 5.56 Å². The minimum absolute atomic E-state index is 0.155. The molecule has 146 valence electrons. The number of para-hydroxylation sites is 1. The van der Waals surface area contributed by atoms with E-state index in [-0.39, 0.29) is 12.8 Å². The van der Waals surface area contributed by atoms with Crippen molar-refractivity contribution in [2.45, 2.75) is 6.54 Å². The van der Waals surface area contributed by atoms with Crippen molar-refractivity contribution in [3.63, 3.8) is 0 Å². The van der Waals surface area contributed by atoms with E-state index in [4.69, 9.17) is 9.47 Å². The summed E-state index contributed by atoms with van der Waals surface area (Å²) in [6.07, 6.45) is 1.74. The largest absolute Gasteiger partial charge is 0.454 e. The molecule has 9 heteroatoms. The highest BCUT2D eigenvalue weighted by Crippen LogP contribution is 2.36. The second-order valence-corrected chi connectivity index (χ2v) is 7.47. The predicted octanol–water partition coefficient (Wildman–Crippen LogP) is 4.29. The monoisotopic (exact) mass is 453 g/mol. The molecule has 0 unspecified atom stereocenters. The molecule has 3 heterocycles. The molecule has 8 nitrogen and oxygen atoms in total. The van der Waals surface area contributed by atoms with Crippen LogP contribution in [-0.2, 0) is 6.54 Å². The van der Waals surface area contributed by atoms with Gasteiger partial charge in [0.15, 0.2) is 11.5 Å². The summed E-state index contributed by atoms with van der Waals surface area (Å²) >= 11 is 3.52. The Hall–Kier alpha value is -3.33. The van der Waals surface area contributed by atoms with E-state index in [0.717, 1.165) is 21.4 Å². The molecule has 29 heavy (non-hydrogen) atoms. The fourth-order valence-corrected chi connectivity index (χ4v) is 3.83. The number of nitrogens with zero attached hydrogens (tertiary/aromatic N) is 4. The van der Waals surface area contributed by atoms with Gasteiger partial charge in [0.05, 0.1) is 12.2 Å². The number of ether oxygens (including phenoxy) is 2. The first-order valence-electron chi connectivity index (χ1n) is 8.92. The summed E-state index contributed by atoms with van der Waals surface area (Å²) in [5.74, 6) is 2.36. The van der Waals surface area contributed by atoms with Crippen LogP contribution in [0.5, 0.6) is 11.5 Å². The fourth-order valence-electron chi connectivity index (χ4n) is 3.33. The van der Waals surface area contributed by atoms with Gasteiger partial charge in [0.1, 0.15) is 5.82 Å². The molecule has 3 aromatic rings. The molecular formula is C20H16BrN5O3. The van der Waals surface area contributed by atoms with E-state index in [1.807, 2.05) is 42.5 Å². The molecule has 1 N–H and O–H groups in total. The van der Waals surface area contributed by atoms with Crippen LogP contribution in [0.4, 0.5) is 27.9 Å². The maximum atomic E-state index is 13.0. The van der Waals surface area contributed by atoms with E-state index in [0.29, 0.717) is 29.8 Å². The Bertz CT molecular complexity index is 1120. The van der Waals surface area contributed by atoms with Gasteiger partial charge in [0.25, 0.3) is 0 Å². The van der Waals surface area contributed by atoms with Crippen LogP contribution in [0, 0.1) is 0 Å². The Morgan fingerprint density at radius 2 is 1.97 bits per heavy atom. The van der Waals surface area contributed by atoms with E-state index < -0.39 is 0 Å². The molecule has 5 rings (SSSR count). The van der Waals surface area contributed by atoms with E-state index in [9.17, 15) is 4.79 Å². The number of hydrogen-bond acceptors (Lipinski definition) is 6.